The van der Waals surface area contributed by atoms with E-state index in [1.165, 1.54) is 6.42 Å². The van der Waals surface area contributed by atoms with Crippen molar-refractivity contribution in [1.82, 2.24) is 4.98 Å². The Balaban J connectivity index is 2.29. The fourth-order valence-electron chi connectivity index (χ4n) is 2.54. The molecule has 110 valence electrons. The topological polar surface area (TPSA) is 74.7 Å². The first-order chi connectivity index (χ1) is 9.44. The molecule has 0 unspecified atom stereocenters. The Morgan fingerprint density at radius 3 is 2.90 bits per heavy atom. The third kappa shape index (κ3) is 3.15. The van der Waals surface area contributed by atoms with E-state index in [0.29, 0.717) is 21.8 Å². The van der Waals surface area contributed by atoms with Crippen molar-refractivity contribution >= 4 is 23.3 Å². The molecule has 0 amide bonds. The maximum absolute atomic E-state index is 8.80. The van der Waals surface area contributed by atoms with E-state index in [4.69, 9.17) is 22.5 Å². The van der Waals surface area contributed by atoms with Crippen LogP contribution in [0.15, 0.2) is 17.4 Å². The van der Waals surface area contributed by atoms with Gasteiger partial charge in [0, 0.05) is 24.8 Å². The average molecular weight is 297 g/mol. The van der Waals surface area contributed by atoms with Crippen molar-refractivity contribution in [2.24, 2.45) is 16.3 Å². The fraction of sp³-hybridized carbons (Fsp3) is 0.571. The summed E-state index contributed by atoms with van der Waals surface area (Å²) in [5.41, 5.74) is 6.50. The Labute approximate surface area is 124 Å². The third-order valence-corrected chi connectivity index (χ3v) is 4.27. The number of pyridine rings is 1. The van der Waals surface area contributed by atoms with E-state index in [9.17, 15) is 0 Å². The van der Waals surface area contributed by atoms with E-state index < -0.39 is 0 Å². The maximum atomic E-state index is 8.80. The van der Waals surface area contributed by atoms with Crippen molar-refractivity contribution in [3.8, 4) is 0 Å². The number of amidine groups is 1. The average Bonchev–Trinajstić information content (AvgIpc) is 2.59. The largest absolute Gasteiger partial charge is 0.409 e. The standard InChI is InChI=1S/C14H21ClN4O/c1-14(2)5-3-8-19(9-6-14)13-11(15)10(4-7-17-13)12(16)18-20/h4,7,20H,3,5-6,8-9H2,1-2H3,(H2,16,18). The zero-order valence-corrected chi connectivity index (χ0v) is 12.7. The van der Waals surface area contributed by atoms with Gasteiger partial charge in [0.25, 0.3) is 0 Å². The highest BCUT2D eigenvalue weighted by Gasteiger charge is 2.25. The Hall–Kier alpha value is -1.49. The van der Waals surface area contributed by atoms with Crippen LogP contribution >= 0.6 is 11.6 Å². The van der Waals surface area contributed by atoms with E-state index >= 15 is 0 Å². The summed E-state index contributed by atoms with van der Waals surface area (Å²) in [7, 11) is 0. The zero-order valence-electron chi connectivity index (χ0n) is 11.9. The van der Waals surface area contributed by atoms with Gasteiger partial charge in [0.15, 0.2) is 5.84 Å². The summed E-state index contributed by atoms with van der Waals surface area (Å²) >= 11 is 6.36. The minimum Gasteiger partial charge on any atom is -0.409 e. The molecule has 3 N–H and O–H groups in total. The molecule has 2 rings (SSSR count). The van der Waals surface area contributed by atoms with Crippen molar-refractivity contribution < 1.29 is 5.21 Å². The van der Waals surface area contributed by atoms with Gasteiger partial charge in [0.2, 0.25) is 0 Å². The number of halogens is 1. The number of aromatic nitrogens is 1. The van der Waals surface area contributed by atoms with Crippen molar-refractivity contribution in [2.75, 3.05) is 18.0 Å². The molecule has 1 aromatic heterocycles. The van der Waals surface area contributed by atoms with Gasteiger partial charge in [-0.1, -0.05) is 30.6 Å². The van der Waals surface area contributed by atoms with Gasteiger partial charge in [-0.25, -0.2) is 4.98 Å². The molecular formula is C14H21ClN4O. The molecule has 0 radical (unpaired) electrons. The SMILES string of the molecule is CC1(C)CCCN(c2nccc(/C(N)=N/O)c2Cl)CC1. The normalized spacial score (nSPS) is 19.8. The molecule has 0 aromatic carbocycles. The molecule has 0 bridgehead atoms. The third-order valence-electron chi connectivity index (χ3n) is 3.89. The summed E-state index contributed by atoms with van der Waals surface area (Å²) in [6, 6.07) is 1.66. The zero-order chi connectivity index (χ0) is 14.8. The molecule has 0 atom stereocenters. The van der Waals surface area contributed by atoms with E-state index in [1.54, 1.807) is 12.3 Å². The lowest BCUT2D eigenvalue weighted by molar-refractivity contribution is 0.318. The predicted octanol–water partition coefficient (Wildman–Crippen LogP) is 2.85. The van der Waals surface area contributed by atoms with Crippen LogP contribution in [0.5, 0.6) is 0 Å². The van der Waals surface area contributed by atoms with E-state index in [-0.39, 0.29) is 5.84 Å². The van der Waals surface area contributed by atoms with E-state index in [2.05, 4.69) is 28.9 Å². The molecule has 0 spiro atoms. The Kier molecular flexibility index (Phi) is 4.38. The van der Waals surface area contributed by atoms with Crippen LogP contribution in [-0.4, -0.2) is 29.1 Å². The summed E-state index contributed by atoms with van der Waals surface area (Å²) in [5.74, 6) is 0.724. The molecule has 6 heteroatoms. The minimum absolute atomic E-state index is 0.00815. The monoisotopic (exact) mass is 296 g/mol. The molecule has 2 heterocycles. The molecule has 1 fully saturated rings. The lowest BCUT2D eigenvalue weighted by Crippen LogP contribution is -2.27. The summed E-state index contributed by atoms with van der Waals surface area (Å²) in [6.07, 6.45) is 5.04. The van der Waals surface area contributed by atoms with Gasteiger partial charge < -0.3 is 15.8 Å². The summed E-state index contributed by atoms with van der Waals surface area (Å²) < 4.78 is 0. The summed E-state index contributed by atoms with van der Waals surface area (Å²) in [4.78, 5) is 6.56. The highest BCUT2D eigenvalue weighted by Crippen LogP contribution is 2.34. The molecule has 1 aliphatic heterocycles. The van der Waals surface area contributed by atoms with Crippen LogP contribution in [0.25, 0.3) is 0 Å². The summed E-state index contributed by atoms with van der Waals surface area (Å²) in [5, 5.41) is 12.3. The first-order valence-corrected chi connectivity index (χ1v) is 7.20. The van der Waals surface area contributed by atoms with E-state index in [0.717, 1.165) is 25.9 Å². The molecule has 20 heavy (non-hydrogen) atoms. The molecule has 1 aliphatic rings. The summed E-state index contributed by atoms with van der Waals surface area (Å²) in [6.45, 7) is 6.42. The number of anilines is 1. The van der Waals surface area contributed by atoms with Crippen LogP contribution in [0.4, 0.5) is 5.82 Å². The van der Waals surface area contributed by atoms with Crippen LogP contribution in [0.1, 0.15) is 38.7 Å². The second-order valence-corrected chi connectivity index (χ2v) is 6.36. The van der Waals surface area contributed by atoms with Gasteiger partial charge >= 0.3 is 0 Å². The Morgan fingerprint density at radius 1 is 1.45 bits per heavy atom. The molecular weight excluding hydrogens is 276 g/mol. The molecule has 1 aromatic rings. The number of nitrogens with zero attached hydrogens (tertiary/aromatic N) is 3. The molecule has 0 saturated carbocycles. The van der Waals surface area contributed by atoms with Gasteiger partial charge in [0.05, 0.1) is 5.02 Å². The molecule has 0 aliphatic carbocycles. The van der Waals surface area contributed by atoms with Gasteiger partial charge in [-0.15, -0.1) is 0 Å². The van der Waals surface area contributed by atoms with Crippen LogP contribution in [0, 0.1) is 5.41 Å². The van der Waals surface area contributed by atoms with E-state index in [1.807, 2.05) is 0 Å². The number of rotatable bonds is 2. The van der Waals surface area contributed by atoms with Gasteiger partial charge in [-0.2, -0.15) is 0 Å². The van der Waals surface area contributed by atoms with Crippen molar-refractivity contribution in [3.63, 3.8) is 0 Å². The highest BCUT2D eigenvalue weighted by atomic mass is 35.5. The lowest BCUT2D eigenvalue weighted by Gasteiger charge is -2.25. The maximum Gasteiger partial charge on any atom is 0.171 e. The van der Waals surface area contributed by atoms with Gasteiger partial charge in [0.1, 0.15) is 5.82 Å². The highest BCUT2D eigenvalue weighted by molar-refractivity contribution is 6.36. The quantitative estimate of drug-likeness (QED) is 0.381. The van der Waals surface area contributed by atoms with Gasteiger partial charge in [-0.05, 0) is 30.7 Å². The van der Waals surface area contributed by atoms with Gasteiger partial charge in [-0.3, -0.25) is 0 Å². The second kappa shape index (κ2) is 5.87. The number of hydrogen-bond donors (Lipinski definition) is 2. The predicted molar refractivity (Wildman–Crippen MR) is 81.6 cm³/mol. The first kappa shape index (κ1) is 14.9. The fourth-order valence-corrected chi connectivity index (χ4v) is 2.87. The van der Waals surface area contributed by atoms with Crippen LogP contribution < -0.4 is 10.6 Å². The minimum atomic E-state index is 0.00815. The van der Waals surface area contributed by atoms with Crippen molar-refractivity contribution in [1.29, 1.82) is 0 Å². The lowest BCUT2D eigenvalue weighted by atomic mass is 9.85. The first-order valence-electron chi connectivity index (χ1n) is 6.82. The van der Waals surface area contributed by atoms with Crippen LogP contribution in [0.3, 0.4) is 0 Å². The number of nitrogens with two attached hydrogens (primary N) is 1. The van der Waals surface area contributed by atoms with Crippen LogP contribution in [-0.2, 0) is 0 Å². The molecule has 5 nitrogen and oxygen atoms in total. The Morgan fingerprint density at radius 2 is 2.20 bits per heavy atom. The second-order valence-electron chi connectivity index (χ2n) is 5.99. The van der Waals surface area contributed by atoms with Crippen molar-refractivity contribution in [2.45, 2.75) is 33.1 Å². The Bertz CT molecular complexity index is 516. The smallest absolute Gasteiger partial charge is 0.171 e. The number of oxime groups is 1. The number of hydrogen-bond acceptors (Lipinski definition) is 4. The van der Waals surface area contributed by atoms with Crippen LogP contribution in [0.2, 0.25) is 5.02 Å². The molecule has 1 saturated heterocycles. The van der Waals surface area contributed by atoms with Crippen molar-refractivity contribution in [3.05, 3.63) is 22.8 Å².